The summed E-state index contributed by atoms with van der Waals surface area (Å²) in [5.41, 5.74) is 1.15. The SMILES string of the molecule is Cc1c(CC(=O)OC2CCC2)c2cc(O)c(F)cc2n1C(=O)c1cccc(F)c1. The second kappa shape index (κ2) is 7.31. The molecule has 1 aliphatic rings. The predicted octanol–water partition coefficient (Wildman–Crippen LogP) is 4.26. The summed E-state index contributed by atoms with van der Waals surface area (Å²) >= 11 is 0. The molecule has 29 heavy (non-hydrogen) atoms. The van der Waals surface area contributed by atoms with E-state index in [-0.39, 0.29) is 23.6 Å². The van der Waals surface area contributed by atoms with Gasteiger partial charge in [0, 0.05) is 22.7 Å². The summed E-state index contributed by atoms with van der Waals surface area (Å²) in [5.74, 6) is -3.05. The van der Waals surface area contributed by atoms with Crippen LogP contribution < -0.4 is 0 Å². The third-order valence-corrected chi connectivity index (χ3v) is 5.35. The molecule has 0 radical (unpaired) electrons. The molecule has 7 heteroatoms. The summed E-state index contributed by atoms with van der Waals surface area (Å²) in [4.78, 5) is 25.4. The van der Waals surface area contributed by atoms with Crippen molar-refractivity contribution in [3.05, 3.63) is 64.9 Å². The van der Waals surface area contributed by atoms with Gasteiger partial charge in [0.1, 0.15) is 11.9 Å². The maximum Gasteiger partial charge on any atom is 0.310 e. The van der Waals surface area contributed by atoms with Crippen molar-refractivity contribution in [3.63, 3.8) is 0 Å². The van der Waals surface area contributed by atoms with Crippen LogP contribution in [0.15, 0.2) is 36.4 Å². The highest BCUT2D eigenvalue weighted by atomic mass is 19.1. The van der Waals surface area contributed by atoms with Crippen LogP contribution in [0.2, 0.25) is 0 Å². The minimum absolute atomic E-state index is 0.0853. The van der Waals surface area contributed by atoms with E-state index >= 15 is 0 Å². The molecule has 5 nitrogen and oxygen atoms in total. The molecule has 1 N–H and O–H groups in total. The van der Waals surface area contributed by atoms with Gasteiger partial charge in [-0.05, 0) is 56.0 Å². The molecule has 1 saturated carbocycles. The van der Waals surface area contributed by atoms with E-state index in [0.29, 0.717) is 16.6 Å². The number of esters is 1. The van der Waals surface area contributed by atoms with Crippen molar-refractivity contribution in [1.29, 1.82) is 0 Å². The molecular formula is C22H19F2NO4. The van der Waals surface area contributed by atoms with E-state index in [1.807, 2.05) is 0 Å². The van der Waals surface area contributed by atoms with Gasteiger partial charge in [0.2, 0.25) is 0 Å². The topological polar surface area (TPSA) is 68.5 Å². The fraction of sp³-hybridized carbons (Fsp3) is 0.273. The van der Waals surface area contributed by atoms with Gasteiger partial charge in [0.15, 0.2) is 11.6 Å². The number of phenolic OH excluding ortho intramolecular Hbond substituents is 1. The third kappa shape index (κ3) is 3.48. The largest absolute Gasteiger partial charge is 0.505 e. The normalized spacial score (nSPS) is 14.0. The van der Waals surface area contributed by atoms with E-state index in [9.17, 15) is 23.5 Å². The number of aromatic nitrogens is 1. The lowest BCUT2D eigenvalue weighted by atomic mass is 9.96. The molecule has 150 valence electrons. The number of carbonyl (C=O) groups is 2. The zero-order valence-corrected chi connectivity index (χ0v) is 15.7. The molecule has 1 aliphatic carbocycles. The standard InChI is InChI=1S/C22H19F2NO4/c1-12-16(10-21(27)29-15-6-3-7-15)17-9-20(26)18(24)11-19(17)25(12)22(28)13-4-2-5-14(23)8-13/h2,4-5,8-9,11,15,26H,3,6-7,10H2,1H3. The Hall–Kier alpha value is -3.22. The number of rotatable bonds is 4. The monoisotopic (exact) mass is 399 g/mol. The highest BCUT2D eigenvalue weighted by Crippen LogP contribution is 2.33. The Morgan fingerprint density at radius 3 is 2.62 bits per heavy atom. The Morgan fingerprint density at radius 2 is 1.97 bits per heavy atom. The molecule has 0 spiro atoms. The van der Waals surface area contributed by atoms with Crippen LogP contribution in [0.5, 0.6) is 5.75 Å². The number of benzene rings is 2. The number of aromatic hydroxyl groups is 1. The summed E-state index contributed by atoms with van der Waals surface area (Å²) in [6.07, 6.45) is 2.47. The first-order valence-corrected chi connectivity index (χ1v) is 9.37. The minimum atomic E-state index is -0.896. The number of halogens is 2. The zero-order valence-electron chi connectivity index (χ0n) is 15.7. The molecule has 1 fully saturated rings. The molecule has 0 bridgehead atoms. The van der Waals surface area contributed by atoms with Crippen molar-refractivity contribution in [2.24, 2.45) is 0 Å². The van der Waals surface area contributed by atoms with Gasteiger partial charge in [-0.25, -0.2) is 8.78 Å². The smallest absolute Gasteiger partial charge is 0.310 e. The summed E-state index contributed by atoms with van der Waals surface area (Å²) in [6, 6.07) is 7.41. The predicted molar refractivity (Wildman–Crippen MR) is 102 cm³/mol. The number of fused-ring (bicyclic) bond motifs is 1. The van der Waals surface area contributed by atoms with Gasteiger partial charge in [0.05, 0.1) is 11.9 Å². The zero-order chi connectivity index (χ0) is 20.7. The Balaban J connectivity index is 1.81. The number of ether oxygens (including phenoxy) is 1. The van der Waals surface area contributed by atoms with Crippen molar-refractivity contribution in [2.75, 3.05) is 0 Å². The van der Waals surface area contributed by atoms with E-state index in [1.54, 1.807) is 6.92 Å². The third-order valence-electron chi connectivity index (χ3n) is 5.35. The highest BCUT2D eigenvalue weighted by molar-refractivity contribution is 6.05. The first-order valence-electron chi connectivity index (χ1n) is 9.37. The summed E-state index contributed by atoms with van der Waals surface area (Å²) in [6.45, 7) is 1.62. The van der Waals surface area contributed by atoms with Gasteiger partial charge in [-0.1, -0.05) is 6.07 Å². The Bertz CT molecular complexity index is 1130. The van der Waals surface area contributed by atoms with Gasteiger partial charge in [-0.15, -0.1) is 0 Å². The molecule has 0 atom stereocenters. The van der Waals surface area contributed by atoms with E-state index in [0.717, 1.165) is 31.4 Å². The Morgan fingerprint density at radius 1 is 1.21 bits per heavy atom. The van der Waals surface area contributed by atoms with Crippen molar-refractivity contribution in [1.82, 2.24) is 4.57 Å². The fourth-order valence-corrected chi connectivity index (χ4v) is 3.58. The highest BCUT2D eigenvalue weighted by Gasteiger charge is 2.26. The van der Waals surface area contributed by atoms with Crippen molar-refractivity contribution in [3.8, 4) is 5.75 Å². The van der Waals surface area contributed by atoms with Crippen molar-refractivity contribution < 1.29 is 28.2 Å². The van der Waals surface area contributed by atoms with Crippen LogP contribution in [0.1, 0.15) is 40.9 Å². The van der Waals surface area contributed by atoms with Crippen LogP contribution >= 0.6 is 0 Å². The number of hydrogen-bond acceptors (Lipinski definition) is 4. The van der Waals surface area contributed by atoms with Gasteiger partial charge in [0.25, 0.3) is 5.91 Å². The van der Waals surface area contributed by atoms with Crippen LogP contribution in [0.4, 0.5) is 8.78 Å². The van der Waals surface area contributed by atoms with Crippen LogP contribution in [0.25, 0.3) is 10.9 Å². The van der Waals surface area contributed by atoms with E-state index in [1.165, 1.54) is 28.8 Å². The van der Waals surface area contributed by atoms with E-state index < -0.39 is 29.3 Å². The van der Waals surface area contributed by atoms with Gasteiger partial charge >= 0.3 is 5.97 Å². The molecule has 0 aliphatic heterocycles. The summed E-state index contributed by atoms with van der Waals surface area (Å²) in [7, 11) is 0. The minimum Gasteiger partial charge on any atom is -0.505 e. The molecular weight excluding hydrogens is 380 g/mol. The molecule has 4 rings (SSSR count). The molecule has 1 aromatic heterocycles. The van der Waals surface area contributed by atoms with Crippen molar-refractivity contribution >= 4 is 22.8 Å². The maximum absolute atomic E-state index is 14.1. The second-order valence-electron chi connectivity index (χ2n) is 7.26. The number of phenols is 1. The van der Waals surface area contributed by atoms with Crippen LogP contribution in [-0.4, -0.2) is 27.7 Å². The molecule has 0 amide bonds. The molecule has 1 heterocycles. The van der Waals surface area contributed by atoms with Crippen LogP contribution in [0.3, 0.4) is 0 Å². The first-order chi connectivity index (χ1) is 13.8. The summed E-state index contributed by atoms with van der Waals surface area (Å²) < 4.78 is 34.3. The second-order valence-corrected chi connectivity index (χ2v) is 7.26. The number of carbonyl (C=O) groups excluding carboxylic acids is 2. The Kier molecular flexibility index (Phi) is 4.82. The lowest BCUT2D eigenvalue weighted by Crippen LogP contribution is -2.26. The molecule has 0 unspecified atom stereocenters. The molecule has 0 saturated heterocycles. The average Bonchev–Trinajstić information content (AvgIpc) is 2.89. The number of nitrogens with zero attached hydrogens (tertiary/aromatic N) is 1. The van der Waals surface area contributed by atoms with Gasteiger partial charge in [-0.2, -0.15) is 0 Å². The maximum atomic E-state index is 14.1. The fourth-order valence-electron chi connectivity index (χ4n) is 3.58. The van der Waals surface area contributed by atoms with Crippen LogP contribution in [0, 0.1) is 18.6 Å². The number of hydrogen-bond donors (Lipinski definition) is 1. The van der Waals surface area contributed by atoms with Gasteiger partial charge in [-0.3, -0.25) is 14.2 Å². The quantitative estimate of drug-likeness (QED) is 0.666. The average molecular weight is 399 g/mol. The molecule has 3 aromatic rings. The van der Waals surface area contributed by atoms with Gasteiger partial charge < -0.3 is 9.84 Å². The molecule has 2 aromatic carbocycles. The lowest BCUT2D eigenvalue weighted by Gasteiger charge is -2.25. The van der Waals surface area contributed by atoms with E-state index in [4.69, 9.17) is 4.74 Å². The van der Waals surface area contributed by atoms with Crippen molar-refractivity contribution in [2.45, 2.75) is 38.7 Å². The lowest BCUT2D eigenvalue weighted by molar-refractivity contribution is -0.152. The Labute approximate surface area is 165 Å². The van der Waals surface area contributed by atoms with Crippen LogP contribution in [-0.2, 0) is 16.0 Å². The summed E-state index contributed by atoms with van der Waals surface area (Å²) in [5, 5.41) is 10.2. The van der Waals surface area contributed by atoms with E-state index in [2.05, 4.69) is 0 Å². The first kappa shape index (κ1) is 19.1.